The zero-order valence-electron chi connectivity index (χ0n) is 17.4. The summed E-state index contributed by atoms with van der Waals surface area (Å²) in [7, 11) is 1.92. The number of nitrogens with one attached hydrogen (secondary N) is 1. The Morgan fingerprint density at radius 3 is 2.34 bits per heavy atom. The van der Waals surface area contributed by atoms with Gasteiger partial charge in [-0.1, -0.05) is 61.8 Å². The van der Waals surface area contributed by atoms with Crippen LogP contribution in [0.25, 0.3) is 0 Å². The highest BCUT2D eigenvalue weighted by molar-refractivity contribution is 7.80. The summed E-state index contributed by atoms with van der Waals surface area (Å²) < 4.78 is 0. The molecule has 0 heterocycles. The highest BCUT2D eigenvalue weighted by atomic mass is 35.5. The number of ketones is 1. The van der Waals surface area contributed by atoms with E-state index in [1.54, 1.807) is 0 Å². The van der Waals surface area contributed by atoms with Crippen molar-refractivity contribution in [3.05, 3.63) is 64.2 Å². The van der Waals surface area contributed by atoms with E-state index < -0.39 is 5.54 Å². The lowest BCUT2D eigenvalue weighted by atomic mass is 9.74. The minimum atomic E-state index is -0.825. The van der Waals surface area contributed by atoms with E-state index in [0.29, 0.717) is 23.0 Å². The lowest BCUT2D eigenvalue weighted by Gasteiger charge is -2.45. The normalized spacial score (nSPS) is 19.1. The number of thiocarbonyl (C=S) groups is 1. The van der Waals surface area contributed by atoms with Crippen LogP contribution in [-0.2, 0) is 23.2 Å². The number of carbonyl (C=O) groups is 1. The number of Topliss-reactive ketones (excluding diaryl/α,β-unsaturated/α-hetero) is 1. The molecule has 1 unspecified atom stereocenters. The van der Waals surface area contributed by atoms with Crippen molar-refractivity contribution in [1.29, 1.82) is 0 Å². The third-order valence-corrected chi connectivity index (χ3v) is 6.79. The van der Waals surface area contributed by atoms with Crippen molar-refractivity contribution in [1.82, 2.24) is 4.90 Å². The smallest absolute Gasteiger partial charge is 0.174 e. The Morgan fingerprint density at radius 1 is 1.10 bits per heavy atom. The molecule has 0 bridgehead atoms. The maximum absolute atomic E-state index is 13.3. The number of nitrogens with zero attached hydrogens (tertiary/aromatic N) is 1. The van der Waals surface area contributed by atoms with E-state index in [4.69, 9.17) is 23.8 Å². The van der Waals surface area contributed by atoms with Gasteiger partial charge in [0.25, 0.3) is 0 Å². The number of rotatable bonds is 5. The van der Waals surface area contributed by atoms with E-state index in [1.807, 2.05) is 36.2 Å². The fourth-order valence-corrected chi connectivity index (χ4v) is 4.95. The number of likely N-dealkylation sites (N-methyl/N-ethyl adjacent to an activating group) is 1. The number of anilines is 1. The molecule has 3 nitrogen and oxygen atoms in total. The molecule has 0 amide bonds. The summed E-state index contributed by atoms with van der Waals surface area (Å²) in [6, 6.07) is 14.0. The molecule has 1 aliphatic rings. The van der Waals surface area contributed by atoms with Gasteiger partial charge in [0.05, 0.1) is 0 Å². The molecular weight excluding hydrogens is 400 g/mol. The number of para-hydroxylation sites is 1. The van der Waals surface area contributed by atoms with Gasteiger partial charge in [0.2, 0.25) is 0 Å². The molecule has 1 saturated carbocycles. The molecular formula is C24H29ClN2OS. The summed E-state index contributed by atoms with van der Waals surface area (Å²) in [6.45, 7) is 4.28. The van der Waals surface area contributed by atoms with E-state index in [0.717, 1.165) is 36.9 Å². The van der Waals surface area contributed by atoms with E-state index >= 15 is 0 Å². The number of hydrogen-bond acceptors (Lipinski definition) is 2. The molecule has 5 heteroatoms. The highest BCUT2D eigenvalue weighted by Gasteiger charge is 2.47. The number of aryl methyl sites for hydroxylation is 2. The summed E-state index contributed by atoms with van der Waals surface area (Å²) in [5.41, 5.74) is 3.53. The SMILES string of the molecule is CCc1cccc(CC)c1NC(=S)N(C)C1(c2ccccc2Cl)CCCCC1=O. The summed E-state index contributed by atoms with van der Waals surface area (Å²) in [4.78, 5) is 15.3. The molecule has 0 aliphatic heterocycles. The largest absolute Gasteiger partial charge is 0.335 e. The third kappa shape index (κ3) is 4.06. The second-order valence-electron chi connectivity index (χ2n) is 7.62. The Morgan fingerprint density at radius 2 is 1.76 bits per heavy atom. The van der Waals surface area contributed by atoms with E-state index in [9.17, 15) is 4.79 Å². The maximum Gasteiger partial charge on any atom is 0.174 e. The first-order chi connectivity index (χ1) is 14.0. The van der Waals surface area contributed by atoms with Gasteiger partial charge in [0.15, 0.2) is 10.9 Å². The predicted octanol–water partition coefficient (Wildman–Crippen LogP) is 6.13. The molecule has 1 aliphatic carbocycles. The van der Waals surface area contributed by atoms with Crippen LogP contribution in [0.5, 0.6) is 0 Å². The summed E-state index contributed by atoms with van der Waals surface area (Å²) >= 11 is 12.4. The van der Waals surface area contributed by atoms with Gasteiger partial charge in [-0.15, -0.1) is 0 Å². The lowest BCUT2D eigenvalue weighted by molar-refractivity contribution is -0.131. The molecule has 1 fully saturated rings. The lowest BCUT2D eigenvalue weighted by Crippen LogP contribution is -2.55. The second kappa shape index (κ2) is 9.27. The van der Waals surface area contributed by atoms with Gasteiger partial charge >= 0.3 is 0 Å². The van der Waals surface area contributed by atoms with Gasteiger partial charge < -0.3 is 10.2 Å². The van der Waals surface area contributed by atoms with Crippen molar-refractivity contribution in [3.8, 4) is 0 Å². The average Bonchev–Trinajstić information content (AvgIpc) is 2.74. The van der Waals surface area contributed by atoms with Crippen molar-refractivity contribution in [3.63, 3.8) is 0 Å². The van der Waals surface area contributed by atoms with Gasteiger partial charge in [0, 0.05) is 29.7 Å². The predicted molar refractivity (Wildman–Crippen MR) is 126 cm³/mol. The third-order valence-electron chi connectivity index (χ3n) is 6.08. The monoisotopic (exact) mass is 428 g/mol. The molecule has 2 aromatic rings. The maximum atomic E-state index is 13.3. The van der Waals surface area contributed by atoms with Crippen LogP contribution >= 0.6 is 23.8 Å². The summed E-state index contributed by atoms with van der Waals surface area (Å²) in [5, 5.41) is 4.64. The van der Waals surface area contributed by atoms with E-state index in [2.05, 4.69) is 37.4 Å². The zero-order valence-corrected chi connectivity index (χ0v) is 19.0. The molecule has 29 heavy (non-hydrogen) atoms. The quantitative estimate of drug-likeness (QED) is 0.580. The molecule has 0 saturated heterocycles. The van der Waals surface area contributed by atoms with Crippen LogP contribution in [0.1, 0.15) is 56.2 Å². The Balaban J connectivity index is 2.02. The van der Waals surface area contributed by atoms with Gasteiger partial charge in [0.1, 0.15) is 5.54 Å². The Hall–Kier alpha value is -1.91. The molecule has 154 valence electrons. The first-order valence-electron chi connectivity index (χ1n) is 10.4. The Kier molecular flexibility index (Phi) is 6.97. The van der Waals surface area contributed by atoms with Crippen molar-refractivity contribution in [2.45, 2.75) is 57.9 Å². The van der Waals surface area contributed by atoms with E-state index in [1.165, 1.54) is 11.1 Å². The molecule has 3 rings (SSSR count). The number of halogens is 1. The number of hydrogen-bond donors (Lipinski definition) is 1. The summed E-state index contributed by atoms with van der Waals surface area (Å²) in [5.74, 6) is 0.183. The van der Waals surface area contributed by atoms with Crippen molar-refractivity contribution in [2.24, 2.45) is 0 Å². The number of carbonyl (C=O) groups excluding carboxylic acids is 1. The van der Waals surface area contributed by atoms with Crippen molar-refractivity contribution >= 4 is 40.4 Å². The molecule has 2 aromatic carbocycles. The standard InChI is InChI=1S/C24H29ClN2OS/c1-4-17-11-10-12-18(5-2)22(17)26-23(29)27(3)24(16-9-8-15-21(24)28)19-13-6-7-14-20(19)25/h6-7,10-14H,4-5,8-9,15-16H2,1-3H3,(H,26,29). The van der Waals surface area contributed by atoms with Gasteiger partial charge in [-0.05, 0) is 61.5 Å². The average molecular weight is 429 g/mol. The molecule has 1 N–H and O–H groups in total. The fourth-order valence-electron chi connectivity index (χ4n) is 4.40. The van der Waals surface area contributed by atoms with Crippen LogP contribution in [-0.4, -0.2) is 22.8 Å². The summed E-state index contributed by atoms with van der Waals surface area (Å²) in [6.07, 6.45) is 4.97. The molecule has 1 atom stereocenters. The van der Waals surface area contributed by atoms with Crippen LogP contribution in [0.3, 0.4) is 0 Å². The van der Waals surface area contributed by atoms with Crippen LogP contribution < -0.4 is 5.32 Å². The topological polar surface area (TPSA) is 32.3 Å². The molecule has 0 aromatic heterocycles. The van der Waals surface area contributed by atoms with Gasteiger partial charge in [-0.2, -0.15) is 0 Å². The van der Waals surface area contributed by atoms with Crippen LogP contribution in [0, 0.1) is 0 Å². The fraction of sp³-hybridized carbons (Fsp3) is 0.417. The van der Waals surface area contributed by atoms with Crippen LogP contribution in [0.15, 0.2) is 42.5 Å². The number of benzene rings is 2. The van der Waals surface area contributed by atoms with Crippen molar-refractivity contribution in [2.75, 3.05) is 12.4 Å². The molecule has 0 spiro atoms. The Labute approximate surface area is 184 Å². The molecule has 0 radical (unpaired) electrons. The first-order valence-corrected chi connectivity index (χ1v) is 11.2. The highest BCUT2D eigenvalue weighted by Crippen LogP contribution is 2.42. The second-order valence-corrected chi connectivity index (χ2v) is 8.41. The van der Waals surface area contributed by atoms with Gasteiger partial charge in [-0.3, -0.25) is 4.79 Å². The zero-order chi connectivity index (χ0) is 21.0. The minimum Gasteiger partial charge on any atom is -0.335 e. The van der Waals surface area contributed by atoms with Crippen molar-refractivity contribution < 1.29 is 4.79 Å². The Bertz CT molecular complexity index is 891. The van der Waals surface area contributed by atoms with E-state index in [-0.39, 0.29) is 5.78 Å². The first kappa shape index (κ1) is 21.8. The van der Waals surface area contributed by atoms with Crippen LogP contribution in [0.4, 0.5) is 5.69 Å². The van der Waals surface area contributed by atoms with Crippen LogP contribution in [0.2, 0.25) is 5.02 Å². The van der Waals surface area contributed by atoms with Gasteiger partial charge in [-0.25, -0.2) is 0 Å². The minimum absolute atomic E-state index is 0.183.